The summed E-state index contributed by atoms with van der Waals surface area (Å²) in [5, 5.41) is 33.6. The second-order valence-electron chi connectivity index (χ2n) is 7.24. The third kappa shape index (κ3) is 2.50. The number of aliphatic carboxylic acids is 1. The Hall–Kier alpha value is -3.21. The maximum Gasteiger partial charge on any atom is 0.317 e. The molecular formula is C17H17N3O8. The van der Waals surface area contributed by atoms with Gasteiger partial charge in [-0.2, -0.15) is 0 Å². The van der Waals surface area contributed by atoms with Crippen molar-refractivity contribution in [3.63, 3.8) is 0 Å². The zero-order valence-electron chi connectivity index (χ0n) is 14.9. The Kier molecular flexibility index (Phi) is 4.50. The molecule has 0 spiro atoms. The minimum atomic E-state index is -2.49. The van der Waals surface area contributed by atoms with E-state index in [2.05, 4.69) is 0 Å². The normalized spacial score (nSPS) is 29.0. The topological polar surface area (TPSA) is 161 Å². The first kappa shape index (κ1) is 19.5. The SMILES string of the molecule is CC(=O)C[C@@H]1[C@]2([N+](=O)[O-])CN(CC(=O)O)C[C@@]1([N+](=O)[O-])c1ccccc1C2=O. The summed E-state index contributed by atoms with van der Waals surface area (Å²) in [6.07, 6.45) is -0.539. The molecule has 1 heterocycles. The third-order valence-electron chi connectivity index (χ3n) is 5.62. The molecule has 2 bridgehead atoms. The van der Waals surface area contributed by atoms with Crippen LogP contribution in [-0.2, 0) is 15.1 Å². The lowest BCUT2D eigenvalue weighted by atomic mass is 9.56. The van der Waals surface area contributed by atoms with E-state index in [0.29, 0.717) is 0 Å². The van der Waals surface area contributed by atoms with E-state index in [1.165, 1.54) is 24.3 Å². The van der Waals surface area contributed by atoms with Crippen LogP contribution in [0.4, 0.5) is 0 Å². The van der Waals surface area contributed by atoms with Gasteiger partial charge in [0.1, 0.15) is 11.7 Å². The molecule has 28 heavy (non-hydrogen) atoms. The lowest BCUT2D eigenvalue weighted by Crippen LogP contribution is -2.75. The molecule has 1 N–H and O–H groups in total. The van der Waals surface area contributed by atoms with Crippen LogP contribution < -0.4 is 0 Å². The summed E-state index contributed by atoms with van der Waals surface area (Å²) >= 11 is 0. The van der Waals surface area contributed by atoms with Gasteiger partial charge in [-0.05, 0) is 6.92 Å². The Morgan fingerprint density at radius 3 is 2.29 bits per heavy atom. The predicted molar refractivity (Wildman–Crippen MR) is 92.0 cm³/mol. The largest absolute Gasteiger partial charge is 0.480 e. The number of carbonyl (C=O) groups excluding carboxylic acids is 2. The number of nitro groups is 2. The number of fused-ring (bicyclic) bond motifs is 4. The van der Waals surface area contributed by atoms with Gasteiger partial charge in [0.15, 0.2) is 0 Å². The monoisotopic (exact) mass is 391 g/mol. The quantitative estimate of drug-likeness (QED) is 0.533. The molecule has 11 heteroatoms. The molecule has 0 unspecified atom stereocenters. The van der Waals surface area contributed by atoms with Gasteiger partial charge in [0.25, 0.3) is 5.54 Å². The number of carbonyl (C=O) groups is 3. The molecular weight excluding hydrogens is 374 g/mol. The number of hydrogen-bond donors (Lipinski definition) is 1. The lowest BCUT2D eigenvalue weighted by Gasteiger charge is -2.50. The molecule has 3 atom stereocenters. The molecule has 1 aliphatic heterocycles. The van der Waals surface area contributed by atoms with Crippen LogP contribution in [0, 0.1) is 26.1 Å². The number of carboxylic acid groups (broad SMARTS) is 1. The van der Waals surface area contributed by atoms with Crippen molar-refractivity contribution in [1.29, 1.82) is 0 Å². The van der Waals surface area contributed by atoms with Gasteiger partial charge in [-0.1, -0.05) is 24.3 Å². The van der Waals surface area contributed by atoms with Crippen molar-refractivity contribution in [3.05, 3.63) is 55.6 Å². The summed E-state index contributed by atoms with van der Waals surface area (Å²) < 4.78 is 0. The van der Waals surface area contributed by atoms with Crippen molar-refractivity contribution in [2.45, 2.75) is 24.4 Å². The van der Waals surface area contributed by atoms with Crippen LogP contribution in [0.2, 0.25) is 0 Å². The predicted octanol–water partition coefficient (Wildman–Crippen LogP) is 0.366. The van der Waals surface area contributed by atoms with Gasteiger partial charge >= 0.3 is 11.5 Å². The second-order valence-corrected chi connectivity index (χ2v) is 7.24. The van der Waals surface area contributed by atoms with Gasteiger partial charge in [-0.3, -0.25) is 34.7 Å². The van der Waals surface area contributed by atoms with E-state index in [4.69, 9.17) is 5.11 Å². The van der Waals surface area contributed by atoms with Crippen molar-refractivity contribution in [3.8, 4) is 0 Å². The molecule has 1 fully saturated rings. The number of nitrogens with zero attached hydrogens (tertiary/aromatic N) is 3. The Bertz CT molecular complexity index is 915. The van der Waals surface area contributed by atoms with Crippen molar-refractivity contribution >= 4 is 17.5 Å². The van der Waals surface area contributed by atoms with E-state index in [9.17, 15) is 34.6 Å². The van der Waals surface area contributed by atoms with E-state index in [1.807, 2.05) is 0 Å². The number of ketones is 2. The van der Waals surface area contributed by atoms with Crippen LogP contribution in [-0.4, -0.2) is 62.6 Å². The van der Waals surface area contributed by atoms with Crippen molar-refractivity contribution < 1.29 is 29.3 Å². The van der Waals surface area contributed by atoms with Gasteiger partial charge in [0.05, 0.1) is 19.6 Å². The highest BCUT2D eigenvalue weighted by molar-refractivity contribution is 6.06. The standard InChI is InChI=1S/C17H17N3O8/c1-10(21)6-13-16(19(25)26)8-18(7-14(22)23)9-17(13,20(27)28)15(24)11-4-2-3-5-12(11)16/h2-5,13H,6-9H2,1H3,(H,22,23)/t13-,16+,17+/m0/s1. The van der Waals surface area contributed by atoms with Gasteiger partial charge in [0.2, 0.25) is 5.78 Å². The van der Waals surface area contributed by atoms with Crippen molar-refractivity contribution in [2.24, 2.45) is 5.92 Å². The molecule has 2 aliphatic rings. The summed E-state index contributed by atoms with van der Waals surface area (Å²) in [5.74, 6) is -4.33. The van der Waals surface area contributed by atoms with Crippen molar-refractivity contribution in [1.82, 2.24) is 4.90 Å². The number of hydrogen-bond acceptors (Lipinski definition) is 8. The molecule has 1 aromatic rings. The summed E-state index contributed by atoms with van der Waals surface area (Å²) in [4.78, 5) is 60.3. The Balaban J connectivity index is 2.39. The molecule has 0 radical (unpaired) electrons. The minimum absolute atomic E-state index is 0.0242. The Labute approximate surface area is 158 Å². The average molecular weight is 391 g/mol. The summed E-state index contributed by atoms with van der Waals surface area (Å²) in [7, 11) is 0. The van der Waals surface area contributed by atoms with E-state index in [1.54, 1.807) is 0 Å². The third-order valence-corrected chi connectivity index (χ3v) is 5.62. The number of likely N-dealkylation sites (tertiary alicyclic amines) is 1. The Morgan fingerprint density at radius 1 is 1.18 bits per heavy atom. The molecule has 1 aliphatic carbocycles. The number of rotatable bonds is 6. The van der Waals surface area contributed by atoms with Crippen LogP contribution in [0.1, 0.15) is 29.3 Å². The molecule has 3 rings (SSSR count). The van der Waals surface area contributed by atoms with Crippen molar-refractivity contribution in [2.75, 3.05) is 19.6 Å². The van der Waals surface area contributed by atoms with Crippen LogP contribution in [0.25, 0.3) is 0 Å². The van der Waals surface area contributed by atoms with Crippen LogP contribution >= 0.6 is 0 Å². The first-order chi connectivity index (χ1) is 13.1. The van der Waals surface area contributed by atoms with Crippen LogP contribution in [0.15, 0.2) is 24.3 Å². The summed E-state index contributed by atoms with van der Waals surface area (Å²) in [5.41, 5.74) is -4.80. The number of Topliss-reactive ketones (excluding diaryl/α,β-unsaturated/α-hetero) is 2. The molecule has 0 saturated carbocycles. The maximum absolute atomic E-state index is 13.2. The smallest absolute Gasteiger partial charge is 0.317 e. The number of carboxylic acids is 1. The Morgan fingerprint density at radius 2 is 1.75 bits per heavy atom. The first-order valence-corrected chi connectivity index (χ1v) is 8.44. The van der Waals surface area contributed by atoms with E-state index in [-0.39, 0.29) is 11.1 Å². The van der Waals surface area contributed by atoms with Crippen LogP contribution in [0.5, 0.6) is 0 Å². The van der Waals surface area contributed by atoms with Gasteiger partial charge in [-0.15, -0.1) is 0 Å². The number of benzene rings is 1. The fourth-order valence-corrected chi connectivity index (χ4v) is 4.63. The first-order valence-electron chi connectivity index (χ1n) is 8.44. The van der Waals surface area contributed by atoms with Gasteiger partial charge in [-0.25, -0.2) is 0 Å². The maximum atomic E-state index is 13.2. The van der Waals surface area contributed by atoms with E-state index >= 15 is 0 Å². The molecule has 0 amide bonds. The van der Waals surface area contributed by atoms with E-state index < -0.39 is 70.4 Å². The minimum Gasteiger partial charge on any atom is -0.480 e. The molecule has 1 saturated heterocycles. The van der Waals surface area contributed by atoms with Gasteiger partial charge in [0, 0.05) is 27.4 Å². The highest BCUT2D eigenvalue weighted by atomic mass is 16.6. The van der Waals surface area contributed by atoms with E-state index in [0.717, 1.165) is 11.8 Å². The second kappa shape index (κ2) is 6.44. The highest BCUT2D eigenvalue weighted by Gasteiger charge is 2.77. The highest BCUT2D eigenvalue weighted by Crippen LogP contribution is 2.53. The lowest BCUT2D eigenvalue weighted by molar-refractivity contribution is -0.640. The summed E-state index contributed by atoms with van der Waals surface area (Å²) in [6.45, 7) is -0.623. The van der Waals surface area contributed by atoms with Gasteiger partial charge < -0.3 is 9.90 Å². The zero-order chi connectivity index (χ0) is 20.9. The number of piperidine rings is 1. The fraction of sp³-hybridized carbons (Fsp3) is 0.471. The fourth-order valence-electron chi connectivity index (χ4n) is 4.63. The van der Waals surface area contributed by atoms with Crippen LogP contribution in [0.3, 0.4) is 0 Å². The molecule has 11 nitrogen and oxygen atoms in total. The molecule has 0 aromatic heterocycles. The summed E-state index contributed by atoms with van der Waals surface area (Å²) in [6, 6.07) is 5.56. The zero-order valence-corrected chi connectivity index (χ0v) is 14.9. The molecule has 148 valence electrons. The average Bonchev–Trinajstić information content (AvgIpc) is 2.59. The molecule has 1 aromatic carbocycles.